The molecule has 0 bridgehead atoms. The van der Waals surface area contributed by atoms with Crippen molar-refractivity contribution in [1.29, 1.82) is 0 Å². The third kappa shape index (κ3) is 2.78. The lowest BCUT2D eigenvalue weighted by atomic mass is 9.74. The highest BCUT2D eigenvalue weighted by Gasteiger charge is 2.33. The van der Waals surface area contributed by atoms with Crippen LogP contribution in [-0.2, 0) is 10.2 Å². The number of carboxylic acids is 1. The van der Waals surface area contributed by atoms with Gasteiger partial charge in [0.2, 0.25) is 0 Å². The number of hydrogen-bond acceptors (Lipinski definition) is 4. The Kier molecular flexibility index (Phi) is 3.80. The Hall–Kier alpha value is -2.79. The number of allylic oxidation sites excluding steroid dienone is 4. The van der Waals surface area contributed by atoms with Gasteiger partial charge in [-0.3, -0.25) is 4.79 Å². The van der Waals surface area contributed by atoms with Crippen LogP contribution in [0.2, 0.25) is 5.02 Å². The van der Waals surface area contributed by atoms with Crippen LogP contribution >= 0.6 is 11.6 Å². The van der Waals surface area contributed by atoms with Gasteiger partial charge in [0.05, 0.1) is 11.1 Å². The van der Waals surface area contributed by atoms with E-state index < -0.39 is 11.4 Å². The summed E-state index contributed by atoms with van der Waals surface area (Å²) in [5, 5.41) is 17.3. The molecule has 114 valence electrons. The van der Waals surface area contributed by atoms with E-state index in [2.05, 4.69) is 10.2 Å². The molecule has 3 rings (SSSR count). The molecular formula is C17H11ClN2O3. The van der Waals surface area contributed by atoms with Crippen molar-refractivity contribution in [3.05, 3.63) is 82.7 Å². The quantitative estimate of drug-likeness (QED) is 0.938. The second kappa shape index (κ2) is 5.78. The van der Waals surface area contributed by atoms with E-state index in [4.69, 9.17) is 16.7 Å². The zero-order chi connectivity index (χ0) is 16.4. The van der Waals surface area contributed by atoms with E-state index in [9.17, 15) is 9.59 Å². The van der Waals surface area contributed by atoms with E-state index in [0.717, 1.165) is 5.56 Å². The van der Waals surface area contributed by atoms with Crippen molar-refractivity contribution in [2.75, 3.05) is 0 Å². The van der Waals surface area contributed by atoms with E-state index in [0.29, 0.717) is 10.7 Å². The number of benzene rings is 1. The summed E-state index contributed by atoms with van der Waals surface area (Å²) < 4.78 is 0. The highest BCUT2D eigenvalue weighted by molar-refractivity contribution is 6.30. The van der Waals surface area contributed by atoms with Gasteiger partial charge in [-0.15, -0.1) is 5.10 Å². The highest BCUT2D eigenvalue weighted by Crippen LogP contribution is 2.36. The van der Waals surface area contributed by atoms with Crippen LogP contribution in [0.5, 0.6) is 0 Å². The van der Waals surface area contributed by atoms with Crippen LogP contribution in [0.4, 0.5) is 0 Å². The van der Waals surface area contributed by atoms with Crippen LogP contribution in [0.15, 0.2) is 60.7 Å². The Bertz CT molecular complexity index is 808. The minimum Gasteiger partial charge on any atom is -0.476 e. The van der Waals surface area contributed by atoms with Crippen molar-refractivity contribution in [2.24, 2.45) is 0 Å². The van der Waals surface area contributed by atoms with E-state index in [1.54, 1.807) is 30.4 Å². The summed E-state index contributed by atoms with van der Waals surface area (Å²) in [7, 11) is 0. The molecule has 2 aromatic rings. The van der Waals surface area contributed by atoms with Gasteiger partial charge in [-0.2, -0.15) is 5.10 Å². The predicted octanol–water partition coefficient (Wildman–Crippen LogP) is 2.81. The predicted molar refractivity (Wildman–Crippen MR) is 84.5 cm³/mol. The van der Waals surface area contributed by atoms with Crippen LogP contribution in [0.1, 0.15) is 21.7 Å². The number of rotatable bonds is 3. The van der Waals surface area contributed by atoms with Crippen LogP contribution in [0, 0.1) is 0 Å². The van der Waals surface area contributed by atoms with Crippen molar-refractivity contribution in [1.82, 2.24) is 10.2 Å². The lowest BCUT2D eigenvalue weighted by molar-refractivity contribution is -0.110. The van der Waals surface area contributed by atoms with Gasteiger partial charge in [-0.1, -0.05) is 35.9 Å². The highest BCUT2D eigenvalue weighted by atomic mass is 35.5. The molecule has 1 aliphatic carbocycles. The third-order valence-electron chi connectivity index (χ3n) is 3.65. The minimum atomic E-state index is -1.14. The Morgan fingerprint density at radius 2 is 1.65 bits per heavy atom. The van der Waals surface area contributed by atoms with Crippen LogP contribution < -0.4 is 0 Å². The number of ketones is 1. The standard InChI is InChI=1S/C17H11ClN2O3/c18-12-3-1-11(2-4-12)17(9-7-13(21)8-10-17)15-6-5-14(16(22)23)19-20-15/h1-10H,(H,22,23). The maximum atomic E-state index is 11.5. The molecule has 0 atom stereocenters. The van der Waals surface area contributed by atoms with Gasteiger partial charge >= 0.3 is 5.97 Å². The average molecular weight is 327 g/mol. The molecule has 1 aromatic heterocycles. The maximum Gasteiger partial charge on any atom is 0.356 e. The number of hydrogen-bond donors (Lipinski definition) is 1. The van der Waals surface area contributed by atoms with Gasteiger partial charge in [-0.05, 0) is 42.0 Å². The molecule has 0 amide bonds. The van der Waals surface area contributed by atoms with Crippen molar-refractivity contribution < 1.29 is 14.7 Å². The Morgan fingerprint density at radius 1 is 1.00 bits per heavy atom. The lowest BCUT2D eigenvalue weighted by Gasteiger charge is -2.28. The molecule has 0 spiro atoms. The lowest BCUT2D eigenvalue weighted by Crippen LogP contribution is -2.27. The van der Waals surface area contributed by atoms with Gasteiger partial charge in [0.15, 0.2) is 11.5 Å². The van der Waals surface area contributed by atoms with Crippen molar-refractivity contribution in [3.63, 3.8) is 0 Å². The van der Waals surface area contributed by atoms with Gasteiger partial charge in [0.25, 0.3) is 0 Å². The number of halogens is 1. The van der Waals surface area contributed by atoms with E-state index in [1.807, 2.05) is 12.1 Å². The number of carboxylic acid groups (broad SMARTS) is 1. The second-order valence-electron chi connectivity index (χ2n) is 5.05. The summed E-state index contributed by atoms with van der Waals surface area (Å²) in [5.74, 6) is -1.26. The maximum absolute atomic E-state index is 11.5. The van der Waals surface area contributed by atoms with Gasteiger partial charge in [-0.25, -0.2) is 4.79 Å². The molecule has 0 aliphatic heterocycles. The van der Waals surface area contributed by atoms with Crippen molar-refractivity contribution >= 4 is 23.4 Å². The fraction of sp³-hybridized carbons (Fsp3) is 0.0588. The molecule has 0 radical (unpaired) electrons. The van der Waals surface area contributed by atoms with E-state index in [-0.39, 0.29) is 11.5 Å². The Labute approximate surface area is 136 Å². The molecule has 0 unspecified atom stereocenters. The number of aromatic carboxylic acids is 1. The van der Waals surface area contributed by atoms with Crippen LogP contribution in [0.25, 0.3) is 0 Å². The number of nitrogens with zero attached hydrogens (tertiary/aromatic N) is 2. The smallest absolute Gasteiger partial charge is 0.356 e. The molecular weight excluding hydrogens is 316 g/mol. The molecule has 1 aromatic carbocycles. The fourth-order valence-electron chi connectivity index (χ4n) is 2.44. The summed E-state index contributed by atoms with van der Waals surface area (Å²) in [6.45, 7) is 0. The molecule has 23 heavy (non-hydrogen) atoms. The monoisotopic (exact) mass is 326 g/mol. The zero-order valence-electron chi connectivity index (χ0n) is 11.8. The van der Waals surface area contributed by atoms with Gasteiger partial charge in [0.1, 0.15) is 0 Å². The fourth-order valence-corrected chi connectivity index (χ4v) is 2.57. The van der Waals surface area contributed by atoms with Crippen molar-refractivity contribution in [2.45, 2.75) is 5.41 Å². The summed E-state index contributed by atoms with van der Waals surface area (Å²) >= 11 is 5.94. The molecule has 1 heterocycles. The van der Waals surface area contributed by atoms with E-state index >= 15 is 0 Å². The van der Waals surface area contributed by atoms with E-state index in [1.165, 1.54) is 18.2 Å². The van der Waals surface area contributed by atoms with Crippen LogP contribution in [-0.4, -0.2) is 27.1 Å². The molecule has 1 aliphatic rings. The van der Waals surface area contributed by atoms with Gasteiger partial charge < -0.3 is 5.11 Å². The Balaban J connectivity index is 2.15. The van der Waals surface area contributed by atoms with Crippen molar-refractivity contribution in [3.8, 4) is 0 Å². The molecule has 1 N–H and O–H groups in total. The molecule has 0 saturated heterocycles. The molecule has 5 nitrogen and oxygen atoms in total. The first-order valence-electron chi connectivity index (χ1n) is 6.77. The first-order chi connectivity index (χ1) is 11.0. The number of carbonyl (C=O) groups is 2. The first kappa shape index (κ1) is 15.1. The first-order valence-corrected chi connectivity index (χ1v) is 7.15. The minimum absolute atomic E-state index is 0.121. The number of carbonyl (C=O) groups excluding carboxylic acids is 1. The SMILES string of the molecule is O=C1C=CC(c2ccc(Cl)cc2)(c2ccc(C(=O)O)nn2)C=C1. The largest absolute Gasteiger partial charge is 0.476 e. The zero-order valence-corrected chi connectivity index (χ0v) is 12.6. The molecule has 0 fully saturated rings. The average Bonchev–Trinajstić information content (AvgIpc) is 2.57. The topological polar surface area (TPSA) is 80.2 Å². The summed E-state index contributed by atoms with van der Waals surface area (Å²) in [6, 6.07) is 10.1. The van der Waals surface area contributed by atoms with Crippen LogP contribution in [0.3, 0.4) is 0 Å². The molecule has 6 heteroatoms. The normalized spacial score (nSPS) is 15.6. The Morgan fingerprint density at radius 3 is 2.17 bits per heavy atom. The van der Waals surface area contributed by atoms with Gasteiger partial charge in [0, 0.05) is 5.02 Å². The summed E-state index contributed by atoms with van der Waals surface area (Å²) in [5.41, 5.74) is 0.437. The molecule has 0 saturated carbocycles. The second-order valence-corrected chi connectivity index (χ2v) is 5.49. The summed E-state index contributed by atoms with van der Waals surface area (Å²) in [4.78, 5) is 22.4. The third-order valence-corrected chi connectivity index (χ3v) is 3.90. The summed E-state index contributed by atoms with van der Waals surface area (Å²) in [6.07, 6.45) is 6.37. The number of aromatic nitrogens is 2.